The minimum Gasteiger partial charge on any atom is -0.264 e. The van der Waals surface area contributed by atoms with E-state index in [9.17, 15) is 10.1 Å². The fourth-order valence-corrected chi connectivity index (χ4v) is 2.42. The summed E-state index contributed by atoms with van der Waals surface area (Å²) in [5.41, 5.74) is 0.168. The van der Waals surface area contributed by atoms with E-state index in [2.05, 4.69) is 0 Å². The van der Waals surface area contributed by atoms with Crippen LogP contribution in [0.2, 0.25) is 0 Å². The summed E-state index contributed by atoms with van der Waals surface area (Å²) in [6, 6.07) is -0.178. The van der Waals surface area contributed by atoms with E-state index in [1.807, 2.05) is 0 Å². The van der Waals surface area contributed by atoms with E-state index < -0.39 is 0 Å². The van der Waals surface area contributed by atoms with Gasteiger partial charge >= 0.3 is 0 Å². The normalized spacial score (nSPS) is 33.6. The molecule has 1 unspecified atom stereocenters. The number of hydrogen-bond acceptors (Lipinski definition) is 2. The lowest BCUT2D eigenvalue weighted by Crippen LogP contribution is -2.16. The van der Waals surface area contributed by atoms with E-state index in [0.29, 0.717) is 0 Å². The Morgan fingerprint density at radius 1 is 1.27 bits per heavy atom. The first-order valence-electron chi connectivity index (χ1n) is 4.38. The molecule has 0 bridgehead atoms. The third-order valence-electron chi connectivity index (χ3n) is 3.25. The van der Waals surface area contributed by atoms with Gasteiger partial charge in [-0.25, -0.2) is 0 Å². The van der Waals surface area contributed by atoms with Crippen molar-refractivity contribution in [3.63, 3.8) is 0 Å². The summed E-state index contributed by atoms with van der Waals surface area (Å²) in [5, 5.41) is 10.4. The van der Waals surface area contributed by atoms with Crippen molar-refractivity contribution in [3.05, 3.63) is 10.1 Å². The quantitative estimate of drug-likeness (QED) is 0.429. The lowest BCUT2D eigenvalue weighted by atomic mass is 9.86. The zero-order valence-electron chi connectivity index (χ0n) is 6.58. The molecule has 0 heterocycles. The zero-order valence-corrected chi connectivity index (χ0v) is 6.58. The van der Waals surface area contributed by atoms with Gasteiger partial charge in [-0.15, -0.1) is 0 Å². The average molecular weight is 155 g/mol. The highest BCUT2D eigenvalue weighted by Gasteiger charge is 2.62. The van der Waals surface area contributed by atoms with E-state index in [1.165, 1.54) is 19.3 Å². The Labute approximate surface area is 65.9 Å². The van der Waals surface area contributed by atoms with Crippen LogP contribution in [0.25, 0.3) is 0 Å². The zero-order chi connectivity index (χ0) is 7.90. The predicted octanol–water partition coefficient (Wildman–Crippen LogP) is 1.99. The van der Waals surface area contributed by atoms with Crippen molar-refractivity contribution >= 4 is 0 Å². The van der Waals surface area contributed by atoms with Gasteiger partial charge in [-0.1, -0.05) is 19.3 Å². The third-order valence-corrected chi connectivity index (χ3v) is 3.25. The molecule has 2 rings (SSSR count). The second kappa shape index (κ2) is 2.19. The Balaban J connectivity index is 1.99. The Morgan fingerprint density at radius 2 is 1.91 bits per heavy atom. The Hall–Kier alpha value is -0.600. The molecule has 0 aliphatic heterocycles. The molecule has 2 aliphatic rings. The molecule has 0 saturated heterocycles. The molecule has 1 atom stereocenters. The molecule has 0 aromatic rings. The molecular formula is C8H13NO2. The average Bonchev–Trinajstić information content (AvgIpc) is 2.66. The molecule has 0 amide bonds. The number of rotatable bonds is 1. The molecule has 3 nitrogen and oxygen atoms in total. The Morgan fingerprint density at radius 3 is 2.36 bits per heavy atom. The van der Waals surface area contributed by atoms with Crippen LogP contribution in [-0.2, 0) is 0 Å². The van der Waals surface area contributed by atoms with Gasteiger partial charge in [0.2, 0.25) is 6.04 Å². The van der Waals surface area contributed by atoms with Gasteiger partial charge in [-0.3, -0.25) is 10.1 Å². The van der Waals surface area contributed by atoms with Crippen LogP contribution >= 0.6 is 0 Å². The van der Waals surface area contributed by atoms with Crippen LogP contribution in [0.4, 0.5) is 0 Å². The largest absolute Gasteiger partial charge is 0.264 e. The van der Waals surface area contributed by atoms with E-state index in [4.69, 9.17) is 0 Å². The molecule has 1 spiro atoms. The molecule has 11 heavy (non-hydrogen) atoms. The second-order valence-corrected chi connectivity index (χ2v) is 3.93. The van der Waals surface area contributed by atoms with Crippen molar-refractivity contribution in [2.75, 3.05) is 0 Å². The summed E-state index contributed by atoms with van der Waals surface area (Å²) in [6.07, 6.45) is 6.79. The van der Waals surface area contributed by atoms with Crippen molar-refractivity contribution < 1.29 is 4.92 Å². The predicted molar refractivity (Wildman–Crippen MR) is 40.9 cm³/mol. The van der Waals surface area contributed by atoms with Crippen LogP contribution in [0.5, 0.6) is 0 Å². The molecule has 2 saturated carbocycles. The minimum absolute atomic E-state index is 0.0781. The summed E-state index contributed by atoms with van der Waals surface area (Å²) >= 11 is 0. The summed E-state index contributed by atoms with van der Waals surface area (Å²) < 4.78 is 0. The van der Waals surface area contributed by atoms with Gasteiger partial charge in [-0.2, -0.15) is 0 Å². The number of hydrogen-bond donors (Lipinski definition) is 0. The summed E-state index contributed by atoms with van der Waals surface area (Å²) in [4.78, 5) is 10.4. The van der Waals surface area contributed by atoms with Gasteiger partial charge in [0.1, 0.15) is 0 Å². The first-order chi connectivity index (χ1) is 5.25. The molecular weight excluding hydrogens is 142 g/mol. The second-order valence-electron chi connectivity index (χ2n) is 3.93. The highest BCUT2D eigenvalue weighted by Crippen LogP contribution is 2.57. The third kappa shape index (κ3) is 1.03. The highest BCUT2D eigenvalue weighted by atomic mass is 16.6. The van der Waals surface area contributed by atoms with Crippen LogP contribution in [0.3, 0.4) is 0 Å². The van der Waals surface area contributed by atoms with E-state index in [1.54, 1.807) is 0 Å². The van der Waals surface area contributed by atoms with Crippen molar-refractivity contribution in [3.8, 4) is 0 Å². The first kappa shape index (κ1) is 7.07. The van der Waals surface area contributed by atoms with Gasteiger partial charge in [0.25, 0.3) is 0 Å². The van der Waals surface area contributed by atoms with Crippen LogP contribution in [-0.4, -0.2) is 11.0 Å². The standard InChI is InChI=1S/C8H13NO2/c10-9(11)7-6-8(7)4-2-1-3-5-8/h7H,1-6H2. The summed E-state index contributed by atoms with van der Waals surface area (Å²) in [7, 11) is 0. The van der Waals surface area contributed by atoms with E-state index in [0.717, 1.165) is 19.3 Å². The van der Waals surface area contributed by atoms with Gasteiger partial charge in [-0.05, 0) is 12.8 Å². The molecule has 2 aliphatic carbocycles. The molecule has 0 N–H and O–H groups in total. The Kier molecular flexibility index (Phi) is 1.41. The van der Waals surface area contributed by atoms with Gasteiger partial charge in [0.05, 0.1) is 0 Å². The fraction of sp³-hybridized carbons (Fsp3) is 1.00. The van der Waals surface area contributed by atoms with Gasteiger partial charge in [0.15, 0.2) is 0 Å². The van der Waals surface area contributed by atoms with Crippen LogP contribution in [0, 0.1) is 15.5 Å². The van der Waals surface area contributed by atoms with Crippen molar-refractivity contribution in [2.24, 2.45) is 5.41 Å². The van der Waals surface area contributed by atoms with Crippen LogP contribution in [0.1, 0.15) is 38.5 Å². The number of nitrogens with zero attached hydrogens (tertiary/aromatic N) is 1. The smallest absolute Gasteiger partial charge is 0.219 e. The maximum absolute atomic E-state index is 10.4. The lowest BCUT2D eigenvalue weighted by Gasteiger charge is -2.18. The topological polar surface area (TPSA) is 43.1 Å². The van der Waals surface area contributed by atoms with Crippen LogP contribution < -0.4 is 0 Å². The summed E-state index contributed by atoms with van der Waals surface area (Å²) in [6.45, 7) is 0. The van der Waals surface area contributed by atoms with Crippen molar-refractivity contribution in [1.29, 1.82) is 0 Å². The molecule has 0 radical (unpaired) electrons. The minimum atomic E-state index is -0.178. The number of nitro groups is 1. The van der Waals surface area contributed by atoms with Crippen molar-refractivity contribution in [2.45, 2.75) is 44.6 Å². The maximum Gasteiger partial charge on any atom is 0.219 e. The van der Waals surface area contributed by atoms with Crippen LogP contribution in [0.15, 0.2) is 0 Å². The molecule has 62 valence electrons. The maximum atomic E-state index is 10.4. The first-order valence-corrected chi connectivity index (χ1v) is 4.38. The highest BCUT2D eigenvalue weighted by molar-refractivity contribution is 5.04. The fourth-order valence-electron chi connectivity index (χ4n) is 2.42. The summed E-state index contributed by atoms with van der Waals surface area (Å²) in [5.74, 6) is 0. The lowest BCUT2D eigenvalue weighted by molar-refractivity contribution is -0.503. The molecule has 0 aromatic heterocycles. The SMILES string of the molecule is O=[N+]([O-])C1CC12CCCCC2. The molecule has 0 aromatic carbocycles. The van der Waals surface area contributed by atoms with Gasteiger partial charge < -0.3 is 0 Å². The van der Waals surface area contributed by atoms with Crippen molar-refractivity contribution in [1.82, 2.24) is 0 Å². The molecule has 2 fully saturated rings. The monoisotopic (exact) mass is 155 g/mol. The van der Waals surface area contributed by atoms with Gasteiger partial charge in [0, 0.05) is 16.8 Å². The van der Waals surface area contributed by atoms with E-state index >= 15 is 0 Å². The Bertz CT molecular complexity index is 185. The van der Waals surface area contributed by atoms with E-state index in [-0.39, 0.29) is 16.4 Å². The molecule has 3 heteroatoms.